The lowest BCUT2D eigenvalue weighted by molar-refractivity contribution is 0.0988. The van der Waals surface area contributed by atoms with Crippen molar-refractivity contribution in [3.8, 4) is 0 Å². The predicted molar refractivity (Wildman–Crippen MR) is 91.0 cm³/mol. The van der Waals surface area contributed by atoms with Crippen LogP contribution in [0.15, 0.2) is 36.5 Å². The lowest BCUT2D eigenvalue weighted by Gasteiger charge is -2.17. The Balaban J connectivity index is 1.98. The first-order valence-electron chi connectivity index (χ1n) is 6.89. The van der Waals surface area contributed by atoms with E-state index in [0.717, 1.165) is 15.9 Å². The number of rotatable bonds is 3. The standard InChI is InChI=1S/C16H14ClN3OS/c1-3-20(15(21)11-5-4-10(2)18-9-11)16-19-13-8-12(17)6-7-14(13)22-16/h4-9H,3H2,1-2H3. The van der Waals surface area contributed by atoms with Crippen molar-refractivity contribution >= 4 is 44.2 Å². The Morgan fingerprint density at radius 1 is 1.32 bits per heavy atom. The number of fused-ring (bicyclic) bond motifs is 1. The predicted octanol–water partition coefficient (Wildman–Crippen LogP) is 4.32. The van der Waals surface area contributed by atoms with Crippen LogP contribution in [-0.2, 0) is 0 Å². The van der Waals surface area contributed by atoms with Crippen molar-refractivity contribution < 1.29 is 4.79 Å². The highest BCUT2D eigenvalue weighted by Gasteiger charge is 2.20. The summed E-state index contributed by atoms with van der Waals surface area (Å²) in [6.07, 6.45) is 1.60. The zero-order chi connectivity index (χ0) is 15.7. The molecule has 22 heavy (non-hydrogen) atoms. The third-order valence-corrected chi connectivity index (χ3v) is 4.58. The number of carbonyl (C=O) groups excluding carboxylic acids is 1. The van der Waals surface area contributed by atoms with Gasteiger partial charge in [0.2, 0.25) is 0 Å². The van der Waals surface area contributed by atoms with Gasteiger partial charge in [-0.2, -0.15) is 0 Å². The molecule has 0 fully saturated rings. The number of nitrogens with zero attached hydrogens (tertiary/aromatic N) is 3. The van der Waals surface area contributed by atoms with Crippen LogP contribution in [0.1, 0.15) is 23.0 Å². The number of pyridine rings is 1. The Bertz CT molecular complexity index is 829. The highest BCUT2D eigenvalue weighted by atomic mass is 35.5. The second-order valence-corrected chi connectivity index (χ2v) is 6.29. The Morgan fingerprint density at radius 2 is 2.14 bits per heavy atom. The number of carbonyl (C=O) groups is 1. The molecule has 0 spiro atoms. The van der Waals surface area contributed by atoms with Crippen molar-refractivity contribution in [2.75, 3.05) is 11.4 Å². The molecule has 3 rings (SSSR count). The maximum absolute atomic E-state index is 12.7. The van der Waals surface area contributed by atoms with Crippen molar-refractivity contribution in [3.05, 3.63) is 52.8 Å². The minimum Gasteiger partial charge on any atom is -0.284 e. The number of aryl methyl sites for hydroxylation is 1. The summed E-state index contributed by atoms with van der Waals surface area (Å²) in [5.41, 5.74) is 2.25. The molecule has 2 aromatic heterocycles. The Labute approximate surface area is 137 Å². The lowest BCUT2D eigenvalue weighted by Crippen LogP contribution is -2.30. The number of thiazole rings is 1. The van der Waals surface area contributed by atoms with Crippen molar-refractivity contribution in [3.63, 3.8) is 0 Å². The molecule has 0 atom stereocenters. The number of amides is 1. The molecule has 1 aromatic carbocycles. The highest BCUT2D eigenvalue weighted by Crippen LogP contribution is 2.31. The van der Waals surface area contributed by atoms with Crippen LogP contribution in [-0.4, -0.2) is 22.4 Å². The van der Waals surface area contributed by atoms with Gasteiger partial charge in [0.15, 0.2) is 5.13 Å². The zero-order valence-electron chi connectivity index (χ0n) is 12.2. The monoisotopic (exact) mass is 331 g/mol. The second kappa shape index (κ2) is 6.02. The average molecular weight is 332 g/mol. The minimum atomic E-state index is -0.0971. The molecule has 112 valence electrons. The number of halogens is 1. The molecule has 3 aromatic rings. The van der Waals surface area contributed by atoms with E-state index >= 15 is 0 Å². The van der Waals surface area contributed by atoms with Gasteiger partial charge in [-0.3, -0.25) is 14.7 Å². The molecule has 6 heteroatoms. The molecular formula is C16H14ClN3OS. The molecule has 2 heterocycles. The fraction of sp³-hybridized carbons (Fsp3) is 0.188. The fourth-order valence-electron chi connectivity index (χ4n) is 2.12. The molecule has 0 unspecified atom stereocenters. The van der Waals surface area contributed by atoms with E-state index in [4.69, 9.17) is 11.6 Å². The Morgan fingerprint density at radius 3 is 2.82 bits per heavy atom. The second-order valence-electron chi connectivity index (χ2n) is 4.85. The van der Waals surface area contributed by atoms with Gasteiger partial charge in [-0.25, -0.2) is 4.98 Å². The summed E-state index contributed by atoms with van der Waals surface area (Å²) in [6, 6.07) is 9.18. The van der Waals surface area contributed by atoms with Gasteiger partial charge in [0.1, 0.15) is 0 Å². The normalized spacial score (nSPS) is 10.9. The summed E-state index contributed by atoms with van der Waals surface area (Å²) in [6.45, 7) is 4.36. The van der Waals surface area contributed by atoms with Crippen LogP contribution in [0.4, 0.5) is 5.13 Å². The first kappa shape index (κ1) is 14.9. The third kappa shape index (κ3) is 2.82. The molecular weight excluding hydrogens is 318 g/mol. The van der Waals surface area contributed by atoms with E-state index in [1.54, 1.807) is 17.2 Å². The van der Waals surface area contributed by atoms with Crippen LogP contribution < -0.4 is 4.90 Å². The van der Waals surface area contributed by atoms with Crippen molar-refractivity contribution in [2.24, 2.45) is 0 Å². The Kier molecular flexibility index (Phi) is 4.09. The van der Waals surface area contributed by atoms with Crippen LogP contribution in [0.25, 0.3) is 10.2 Å². The molecule has 0 saturated carbocycles. The maximum Gasteiger partial charge on any atom is 0.261 e. The van der Waals surface area contributed by atoms with Crippen molar-refractivity contribution in [2.45, 2.75) is 13.8 Å². The number of benzene rings is 1. The first-order chi connectivity index (χ1) is 10.6. The average Bonchev–Trinajstić information content (AvgIpc) is 2.91. The minimum absolute atomic E-state index is 0.0971. The topological polar surface area (TPSA) is 46.1 Å². The van der Waals surface area contributed by atoms with Gasteiger partial charge in [0, 0.05) is 23.5 Å². The molecule has 0 saturated heterocycles. The summed E-state index contributed by atoms with van der Waals surface area (Å²) in [5, 5.41) is 1.31. The molecule has 0 N–H and O–H groups in total. The maximum atomic E-state index is 12.7. The molecule has 0 aliphatic heterocycles. The van der Waals surface area contributed by atoms with Crippen LogP contribution in [0.5, 0.6) is 0 Å². The van der Waals surface area contributed by atoms with Gasteiger partial charge in [-0.15, -0.1) is 0 Å². The molecule has 0 radical (unpaired) electrons. The lowest BCUT2D eigenvalue weighted by atomic mass is 10.2. The van der Waals surface area contributed by atoms with Crippen LogP contribution in [0, 0.1) is 6.92 Å². The zero-order valence-corrected chi connectivity index (χ0v) is 13.8. The molecule has 1 amide bonds. The molecule has 4 nitrogen and oxygen atoms in total. The van der Waals surface area contributed by atoms with E-state index in [9.17, 15) is 4.79 Å². The SMILES string of the molecule is CCN(C(=O)c1ccc(C)nc1)c1nc2cc(Cl)ccc2s1. The summed E-state index contributed by atoms with van der Waals surface area (Å²) in [4.78, 5) is 23.0. The van der Waals surface area contributed by atoms with Gasteiger partial charge in [0.05, 0.1) is 15.8 Å². The van der Waals surface area contributed by atoms with Crippen molar-refractivity contribution in [1.82, 2.24) is 9.97 Å². The number of hydrogen-bond donors (Lipinski definition) is 0. The summed E-state index contributed by atoms with van der Waals surface area (Å²) in [7, 11) is 0. The quantitative estimate of drug-likeness (QED) is 0.718. The molecule has 0 aliphatic rings. The summed E-state index contributed by atoms with van der Waals surface area (Å²) >= 11 is 7.47. The molecule has 0 aliphatic carbocycles. The largest absolute Gasteiger partial charge is 0.284 e. The van der Waals surface area contributed by atoms with Crippen LogP contribution >= 0.6 is 22.9 Å². The van der Waals surface area contributed by atoms with E-state index in [-0.39, 0.29) is 5.91 Å². The highest BCUT2D eigenvalue weighted by molar-refractivity contribution is 7.22. The van der Waals surface area contributed by atoms with E-state index < -0.39 is 0 Å². The van der Waals surface area contributed by atoms with Crippen LogP contribution in [0.2, 0.25) is 5.02 Å². The van der Waals surface area contributed by atoms with E-state index in [1.165, 1.54) is 11.3 Å². The first-order valence-corrected chi connectivity index (χ1v) is 8.08. The van der Waals surface area contributed by atoms with Crippen LogP contribution in [0.3, 0.4) is 0 Å². The van der Waals surface area contributed by atoms with Crippen molar-refractivity contribution in [1.29, 1.82) is 0 Å². The molecule has 0 bridgehead atoms. The van der Waals surface area contributed by atoms with Gasteiger partial charge in [-0.05, 0) is 44.2 Å². The van der Waals surface area contributed by atoms with E-state index in [2.05, 4.69) is 9.97 Å². The number of anilines is 1. The summed E-state index contributed by atoms with van der Waals surface area (Å²) < 4.78 is 1.01. The Hall–Kier alpha value is -1.98. The van der Waals surface area contributed by atoms with E-state index in [0.29, 0.717) is 22.3 Å². The summed E-state index contributed by atoms with van der Waals surface area (Å²) in [5.74, 6) is -0.0971. The van der Waals surface area contributed by atoms with Gasteiger partial charge >= 0.3 is 0 Å². The van der Waals surface area contributed by atoms with E-state index in [1.807, 2.05) is 38.1 Å². The fourth-order valence-corrected chi connectivity index (χ4v) is 3.29. The number of aromatic nitrogens is 2. The van der Waals surface area contributed by atoms with Gasteiger partial charge in [0.25, 0.3) is 5.91 Å². The third-order valence-electron chi connectivity index (χ3n) is 3.29. The van der Waals surface area contributed by atoms with Gasteiger partial charge < -0.3 is 0 Å². The van der Waals surface area contributed by atoms with Gasteiger partial charge in [-0.1, -0.05) is 22.9 Å². The number of hydrogen-bond acceptors (Lipinski definition) is 4. The smallest absolute Gasteiger partial charge is 0.261 e.